The van der Waals surface area contributed by atoms with Gasteiger partial charge in [0.05, 0.1) is 12.1 Å². The Kier molecular flexibility index (Phi) is 8.78. The van der Waals surface area contributed by atoms with Crippen LogP contribution in [0.15, 0.2) is 18.2 Å². The lowest BCUT2D eigenvalue weighted by Crippen LogP contribution is -2.46. The Labute approximate surface area is 179 Å². The van der Waals surface area contributed by atoms with E-state index in [0.717, 1.165) is 57.2 Å². The summed E-state index contributed by atoms with van der Waals surface area (Å²) in [7, 11) is 0. The van der Waals surface area contributed by atoms with Gasteiger partial charge in [0.2, 0.25) is 5.91 Å². The smallest absolute Gasteiger partial charge is 0.220 e. The molecule has 1 amide bonds. The van der Waals surface area contributed by atoms with Crippen LogP contribution >= 0.6 is 0 Å². The third-order valence-electron chi connectivity index (χ3n) is 5.95. The second-order valence-corrected chi connectivity index (χ2v) is 8.34. The molecule has 2 aliphatic heterocycles. The minimum Gasteiger partial charge on any atom is -0.486 e. The quantitative estimate of drug-likeness (QED) is 0.476. The topological polar surface area (TPSA) is 91.3 Å². The average molecular weight is 421 g/mol. The third-order valence-corrected chi connectivity index (χ3v) is 5.95. The van der Waals surface area contributed by atoms with Gasteiger partial charge in [0.25, 0.3) is 0 Å². The van der Waals surface area contributed by atoms with E-state index in [1.807, 2.05) is 25.1 Å². The maximum Gasteiger partial charge on any atom is 0.220 e. The van der Waals surface area contributed by atoms with Gasteiger partial charge in [-0.05, 0) is 62.9 Å². The Morgan fingerprint density at radius 2 is 1.87 bits per heavy atom. The summed E-state index contributed by atoms with van der Waals surface area (Å²) < 4.78 is 11.2. The maximum atomic E-state index is 12.6. The first kappa shape index (κ1) is 22.8. The van der Waals surface area contributed by atoms with Crippen LogP contribution in [0.5, 0.6) is 11.5 Å². The van der Waals surface area contributed by atoms with E-state index in [-0.39, 0.29) is 18.1 Å². The van der Waals surface area contributed by atoms with Gasteiger partial charge in [-0.1, -0.05) is 19.4 Å². The Balaban J connectivity index is 1.60. The number of fused-ring (bicyclic) bond motifs is 1. The fourth-order valence-electron chi connectivity index (χ4n) is 4.09. The predicted molar refractivity (Wildman–Crippen MR) is 115 cm³/mol. The molecule has 7 heteroatoms. The summed E-state index contributed by atoms with van der Waals surface area (Å²) in [4.78, 5) is 14.9. The highest BCUT2D eigenvalue weighted by molar-refractivity contribution is 5.76. The van der Waals surface area contributed by atoms with E-state index in [2.05, 4.69) is 10.2 Å². The minimum atomic E-state index is -0.827. The maximum absolute atomic E-state index is 12.6. The van der Waals surface area contributed by atoms with E-state index in [0.29, 0.717) is 37.7 Å². The summed E-state index contributed by atoms with van der Waals surface area (Å²) >= 11 is 0. The lowest BCUT2D eigenvalue weighted by Gasteiger charge is -2.29. The first-order chi connectivity index (χ1) is 14.6. The van der Waals surface area contributed by atoms with Crippen molar-refractivity contribution in [2.24, 2.45) is 0 Å². The van der Waals surface area contributed by atoms with Crippen LogP contribution in [0.3, 0.4) is 0 Å². The van der Waals surface area contributed by atoms with Gasteiger partial charge in [0.1, 0.15) is 19.3 Å². The molecule has 3 rings (SSSR count). The summed E-state index contributed by atoms with van der Waals surface area (Å²) in [6.07, 6.45) is 4.62. The number of benzene rings is 1. The monoisotopic (exact) mass is 420 g/mol. The molecule has 1 unspecified atom stereocenters. The van der Waals surface area contributed by atoms with Crippen molar-refractivity contribution in [3.63, 3.8) is 0 Å². The van der Waals surface area contributed by atoms with Crippen molar-refractivity contribution >= 4 is 5.91 Å². The number of carbonyl (C=O) groups excluding carboxylic acids is 1. The molecule has 30 heavy (non-hydrogen) atoms. The number of likely N-dealkylation sites (tertiary alicyclic amines) is 1. The highest BCUT2D eigenvalue weighted by Gasteiger charge is 2.27. The lowest BCUT2D eigenvalue weighted by molar-refractivity contribution is -0.123. The van der Waals surface area contributed by atoms with Crippen molar-refractivity contribution in [2.45, 2.75) is 70.1 Å². The number of hydrogen-bond acceptors (Lipinski definition) is 6. The van der Waals surface area contributed by atoms with Crippen LogP contribution in [0.4, 0.5) is 0 Å². The van der Waals surface area contributed by atoms with Crippen LogP contribution in [-0.2, 0) is 4.79 Å². The molecule has 3 N–H and O–H groups in total. The van der Waals surface area contributed by atoms with E-state index in [4.69, 9.17) is 9.47 Å². The molecule has 1 saturated heterocycles. The molecule has 1 aromatic rings. The highest BCUT2D eigenvalue weighted by Crippen LogP contribution is 2.33. The number of carbonyl (C=O) groups is 1. The predicted octanol–water partition coefficient (Wildman–Crippen LogP) is 2.40. The fourth-order valence-corrected chi connectivity index (χ4v) is 4.09. The molecular formula is C23H36N2O5. The molecule has 0 spiro atoms. The number of ether oxygens (including phenoxy) is 2. The van der Waals surface area contributed by atoms with Crippen molar-refractivity contribution < 1.29 is 24.5 Å². The second kappa shape index (κ2) is 11.5. The number of aliphatic hydroxyl groups is 2. The van der Waals surface area contributed by atoms with Crippen LogP contribution in [0, 0.1) is 0 Å². The van der Waals surface area contributed by atoms with E-state index in [1.165, 1.54) is 0 Å². The second-order valence-electron chi connectivity index (χ2n) is 8.34. The van der Waals surface area contributed by atoms with E-state index in [1.54, 1.807) is 0 Å². The molecule has 0 aromatic heterocycles. The molecule has 1 fully saturated rings. The summed E-state index contributed by atoms with van der Waals surface area (Å²) in [6.45, 7) is 5.59. The molecular weight excluding hydrogens is 384 g/mol. The summed E-state index contributed by atoms with van der Waals surface area (Å²) in [5.74, 6) is 1.27. The first-order valence-electron chi connectivity index (χ1n) is 11.3. The Morgan fingerprint density at radius 1 is 1.13 bits per heavy atom. The SMILES string of the molecule is CCC(O)CCCCC(=O)N[C@H](CN1CCCC1)[C@H](O)c1ccc2c(c1)OCCO2. The number of nitrogens with one attached hydrogen (secondary N) is 1. The summed E-state index contributed by atoms with van der Waals surface area (Å²) in [5.41, 5.74) is 0.717. The molecule has 2 heterocycles. The van der Waals surface area contributed by atoms with Gasteiger partial charge in [-0.25, -0.2) is 0 Å². The molecule has 0 saturated carbocycles. The van der Waals surface area contributed by atoms with E-state index >= 15 is 0 Å². The summed E-state index contributed by atoms with van der Waals surface area (Å²) in [6, 6.07) is 5.09. The Morgan fingerprint density at radius 3 is 2.60 bits per heavy atom. The van der Waals surface area contributed by atoms with Gasteiger partial charge in [-0.3, -0.25) is 4.79 Å². The number of nitrogens with zero attached hydrogens (tertiary/aromatic N) is 1. The Bertz CT molecular complexity index is 678. The fraction of sp³-hybridized carbons (Fsp3) is 0.696. The molecule has 1 aromatic carbocycles. The number of amides is 1. The van der Waals surface area contributed by atoms with E-state index in [9.17, 15) is 15.0 Å². The number of aliphatic hydroxyl groups excluding tert-OH is 2. The lowest BCUT2D eigenvalue weighted by atomic mass is 10.0. The molecule has 2 aliphatic rings. The van der Waals surface area contributed by atoms with Crippen LogP contribution in [0.25, 0.3) is 0 Å². The van der Waals surface area contributed by atoms with E-state index < -0.39 is 6.10 Å². The van der Waals surface area contributed by atoms with Crippen molar-refractivity contribution in [3.8, 4) is 11.5 Å². The highest BCUT2D eigenvalue weighted by atomic mass is 16.6. The van der Waals surface area contributed by atoms with Gasteiger partial charge < -0.3 is 29.9 Å². The van der Waals surface area contributed by atoms with Crippen LogP contribution < -0.4 is 14.8 Å². The zero-order chi connectivity index (χ0) is 21.3. The van der Waals surface area contributed by atoms with Crippen molar-refractivity contribution in [1.29, 1.82) is 0 Å². The van der Waals surface area contributed by atoms with Gasteiger partial charge >= 0.3 is 0 Å². The molecule has 3 atom stereocenters. The number of hydrogen-bond donors (Lipinski definition) is 3. The van der Waals surface area contributed by atoms with Gasteiger partial charge in [0.15, 0.2) is 11.5 Å². The van der Waals surface area contributed by atoms with Gasteiger partial charge in [-0.2, -0.15) is 0 Å². The Hall–Kier alpha value is -1.83. The number of unbranched alkanes of at least 4 members (excludes halogenated alkanes) is 1. The van der Waals surface area contributed by atoms with Crippen molar-refractivity contribution in [3.05, 3.63) is 23.8 Å². The van der Waals surface area contributed by atoms with Crippen molar-refractivity contribution in [1.82, 2.24) is 10.2 Å². The molecule has 0 bridgehead atoms. The molecule has 7 nitrogen and oxygen atoms in total. The van der Waals surface area contributed by atoms with Gasteiger partial charge in [-0.15, -0.1) is 0 Å². The minimum absolute atomic E-state index is 0.0539. The first-order valence-corrected chi connectivity index (χ1v) is 11.3. The number of rotatable bonds is 11. The van der Waals surface area contributed by atoms with Crippen LogP contribution in [0.1, 0.15) is 63.5 Å². The average Bonchev–Trinajstić information content (AvgIpc) is 3.28. The zero-order valence-electron chi connectivity index (χ0n) is 18.0. The van der Waals surface area contributed by atoms with Crippen molar-refractivity contribution in [2.75, 3.05) is 32.8 Å². The molecule has 0 radical (unpaired) electrons. The molecule has 0 aliphatic carbocycles. The summed E-state index contributed by atoms with van der Waals surface area (Å²) in [5, 5.41) is 23.8. The third kappa shape index (κ3) is 6.59. The standard InChI is InChI=1S/C23H36N2O5/c1-2-18(26)7-3-4-8-22(27)24-19(16-25-11-5-6-12-25)23(28)17-9-10-20-21(15-17)30-14-13-29-20/h9-10,15,18-19,23,26,28H,2-8,11-14,16H2,1H3,(H,24,27)/t18?,19-,23-/m1/s1. The normalized spacial score (nSPS) is 19.3. The molecule has 168 valence electrons. The van der Waals surface area contributed by atoms with Crippen LogP contribution in [0.2, 0.25) is 0 Å². The zero-order valence-corrected chi connectivity index (χ0v) is 18.0. The largest absolute Gasteiger partial charge is 0.486 e. The van der Waals surface area contributed by atoms with Crippen LogP contribution in [-0.4, -0.2) is 66.0 Å². The van der Waals surface area contributed by atoms with Gasteiger partial charge in [0, 0.05) is 13.0 Å².